The molecular formula is C20H16N4O6. The number of ether oxygens (including phenoxy) is 1. The van der Waals surface area contributed by atoms with Crippen LogP contribution in [0.25, 0.3) is 11.0 Å². The van der Waals surface area contributed by atoms with Gasteiger partial charge in [0.2, 0.25) is 0 Å². The number of nitrogens with one attached hydrogen (secondary N) is 3. The standard InChI is InChI=1S/C20H16N4O6/c1-29-12-3-2-10-8-24(17(26)13(10)5-12)9-20(18(27)22-19(28)23-20)15-4-11-7-21-16(25)6-14(11)30-15/h2-7H,8-9H2,1H3,(H,21,25)(H2,22,23,27,28)/t20-/m0/s1. The molecule has 5 rings (SSSR count). The number of urea groups is 1. The van der Waals surface area contributed by atoms with Gasteiger partial charge < -0.3 is 24.4 Å². The molecule has 10 heteroatoms. The quantitative estimate of drug-likeness (QED) is 0.548. The lowest BCUT2D eigenvalue weighted by atomic mass is 9.95. The maximum Gasteiger partial charge on any atom is 0.322 e. The summed E-state index contributed by atoms with van der Waals surface area (Å²) in [4.78, 5) is 53.4. The minimum atomic E-state index is -1.62. The Morgan fingerprint density at radius 2 is 2.00 bits per heavy atom. The largest absolute Gasteiger partial charge is 0.497 e. The highest BCUT2D eigenvalue weighted by Gasteiger charge is 2.53. The van der Waals surface area contributed by atoms with Crippen LogP contribution in [-0.2, 0) is 16.9 Å². The topological polar surface area (TPSA) is 134 Å². The number of H-pyrrole nitrogens is 1. The van der Waals surface area contributed by atoms with Gasteiger partial charge >= 0.3 is 6.03 Å². The molecule has 4 heterocycles. The van der Waals surface area contributed by atoms with E-state index in [2.05, 4.69) is 15.6 Å². The molecule has 0 saturated carbocycles. The zero-order valence-electron chi connectivity index (χ0n) is 15.8. The molecule has 2 aliphatic heterocycles. The SMILES string of the molecule is COc1ccc2c(c1)C(=O)N(C[C@@]1(c3cc4c[nH]c(=O)cc4o3)NC(=O)NC1=O)C2. The van der Waals surface area contributed by atoms with Crippen LogP contribution in [0.2, 0.25) is 0 Å². The third kappa shape index (κ3) is 2.57. The van der Waals surface area contributed by atoms with E-state index in [4.69, 9.17) is 9.15 Å². The number of rotatable bonds is 4. The lowest BCUT2D eigenvalue weighted by Crippen LogP contribution is -2.52. The zero-order valence-corrected chi connectivity index (χ0v) is 15.8. The Labute approximate surface area is 168 Å². The number of benzene rings is 1. The molecule has 0 unspecified atom stereocenters. The fourth-order valence-electron chi connectivity index (χ4n) is 3.90. The van der Waals surface area contributed by atoms with Gasteiger partial charge in [0.1, 0.15) is 17.1 Å². The smallest absolute Gasteiger partial charge is 0.322 e. The van der Waals surface area contributed by atoms with E-state index in [1.54, 1.807) is 24.3 Å². The molecule has 4 amide bonds. The first-order chi connectivity index (χ1) is 14.4. The summed E-state index contributed by atoms with van der Waals surface area (Å²) >= 11 is 0. The first-order valence-corrected chi connectivity index (χ1v) is 9.12. The highest BCUT2D eigenvalue weighted by Crippen LogP contribution is 2.34. The summed E-state index contributed by atoms with van der Waals surface area (Å²) < 4.78 is 10.9. The number of imide groups is 1. The van der Waals surface area contributed by atoms with Gasteiger partial charge in [0.05, 0.1) is 13.7 Å². The molecule has 30 heavy (non-hydrogen) atoms. The number of aromatic nitrogens is 1. The summed E-state index contributed by atoms with van der Waals surface area (Å²) in [5.74, 6) is -0.253. The van der Waals surface area contributed by atoms with Crippen molar-refractivity contribution in [3.05, 3.63) is 63.8 Å². The lowest BCUT2D eigenvalue weighted by molar-refractivity contribution is -0.125. The van der Waals surface area contributed by atoms with Crippen molar-refractivity contribution < 1.29 is 23.5 Å². The van der Waals surface area contributed by atoms with Crippen LogP contribution >= 0.6 is 0 Å². The number of carbonyl (C=O) groups excluding carboxylic acids is 3. The van der Waals surface area contributed by atoms with Crippen LogP contribution in [0.15, 0.2) is 45.7 Å². The summed E-state index contributed by atoms with van der Waals surface area (Å²) in [6.45, 7) is 0.121. The fraction of sp³-hybridized carbons (Fsp3) is 0.200. The van der Waals surface area contributed by atoms with E-state index in [0.29, 0.717) is 16.7 Å². The van der Waals surface area contributed by atoms with E-state index in [0.717, 1.165) is 5.56 Å². The summed E-state index contributed by atoms with van der Waals surface area (Å²) in [5.41, 5.74) is -0.458. The Kier molecular flexibility index (Phi) is 3.72. The van der Waals surface area contributed by atoms with Crippen LogP contribution < -0.4 is 20.9 Å². The normalized spacial score (nSPS) is 20.4. The second-order valence-corrected chi connectivity index (χ2v) is 7.23. The minimum absolute atomic E-state index is 0.126. The molecule has 1 atom stereocenters. The number of methoxy groups -OCH3 is 1. The Morgan fingerprint density at radius 3 is 2.73 bits per heavy atom. The van der Waals surface area contributed by atoms with Gasteiger partial charge in [-0.25, -0.2) is 4.79 Å². The van der Waals surface area contributed by atoms with Crippen molar-refractivity contribution in [3.8, 4) is 5.75 Å². The predicted octanol–water partition coefficient (Wildman–Crippen LogP) is 0.820. The van der Waals surface area contributed by atoms with Crippen molar-refractivity contribution in [2.24, 2.45) is 0 Å². The van der Waals surface area contributed by atoms with E-state index in [1.165, 1.54) is 24.3 Å². The maximum atomic E-state index is 13.0. The van der Waals surface area contributed by atoms with E-state index in [9.17, 15) is 19.2 Å². The van der Waals surface area contributed by atoms with Crippen molar-refractivity contribution in [3.63, 3.8) is 0 Å². The summed E-state index contributed by atoms with van der Waals surface area (Å²) in [7, 11) is 1.51. The van der Waals surface area contributed by atoms with Gasteiger partial charge in [0, 0.05) is 29.8 Å². The minimum Gasteiger partial charge on any atom is -0.497 e. The Morgan fingerprint density at radius 1 is 1.17 bits per heavy atom. The van der Waals surface area contributed by atoms with E-state index in [1.807, 2.05) is 0 Å². The molecule has 1 saturated heterocycles. The summed E-state index contributed by atoms with van der Waals surface area (Å²) in [6.07, 6.45) is 1.45. The molecule has 2 aliphatic rings. The average molecular weight is 408 g/mol. The first kappa shape index (κ1) is 18.0. The number of hydrogen-bond acceptors (Lipinski definition) is 6. The third-order valence-electron chi connectivity index (χ3n) is 5.41. The second kappa shape index (κ2) is 6.21. The van der Waals surface area contributed by atoms with Crippen LogP contribution in [0.5, 0.6) is 5.75 Å². The highest BCUT2D eigenvalue weighted by molar-refractivity contribution is 6.08. The molecule has 3 aromatic rings. The number of amides is 4. The van der Waals surface area contributed by atoms with Crippen molar-refractivity contribution in [1.82, 2.24) is 20.5 Å². The monoisotopic (exact) mass is 408 g/mol. The molecule has 3 N–H and O–H groups in total. The average Bonchev–Trinajstić information content (AvgIpc) is 3.36. The predicted molar refractivity (Wildman–Crippen MR) is 103 cm³/mol. The molecule has 0 radical (unpaired) electrons. The molecule has 0 spiro atoms. The molecule has 1 fully saturated rings. The molecule has 152 valence electrons. The number of pyridine rings is 1. The van der Waals surface area contributed by atoms with Crippen LogP contribution in [0.1, 0.15) is 21.7 Å². The molecule has 1 aromatic carbocycles. The molecule has 10 nitrogen and oxygen atoms in total. The number of nitrogens with zero attached hydrogens (tertiary/aromatic N) is 1. The Hall–Kier alpha value is -4.08. The molecule has 0 aliphatic carbocycles. The maximum absolute atomic E-state index is 13.0. The highest BCUT2D eigenvalue weighted by atomic mass is 16.5. The van der Waals surface area contributed by atoms with Crippen molar-refractivity contribution in [2.75, 3.05) is 13.7 Å². The Balaban J connectivity index is 1.56. The van der Waals surface area contributed by atoms with Gasteiger partial charge in [-0.2, -0.15) is 0 Å². The van der Waals surface area contributed by atoms with Crippen molar-refractivity contribution in [1.29, 1.82) is 0 Å². The van der Waals surface area contributed by atoms with Gasteiger partial charge in [0.15, 0.2) is 5.54 Å². The van der Waals surface area contributed by atoms with E-state index < -0.39 is 17.5 Å². The van der Waals surface area contributed by atoms with Crippen LogP contribution in [-0.4, -0.2) is 41.4 Å². The van der Waals surface area contributed by atoms with Crippen LogP contribution in [0.4, 0.5) is 4.79 Å². The van der Waals surface area contributed by atoms with Crippen molar-refractivity contribution in [2.45, 2.75) is 12.1 Å². The first-order valence-electron chi connectivity index (χ1n) is 9.12. The summed E-state index contributed by atoms with van der Waals surface area (Å²) in [6, 6.07) is 7.31. The van der Waals surface area contributed by atoms with Crippen molar-refractivity contribution >= 4 is 28.8 Å². The van der Waals surface area contributed by atoms with Gasteiger partial charge in [-0.15, -0.1) is 0 Å². The number of fused-ring (bicyclic) bond motifs is 2. The van der Waals surface area contributed by atoms with Crippen LogP contribution in [0, 0.1) is 0 Å². The zero-order chi connectivity index (χ0) is 21.0. The number of hydrogen-bond donors (Lipinski definition) is 3. The fourth-order valence-corrected chi connectivity index (χ4v) is 3.90. The van der Waals surface area contributed by atoms with E-state index >= 15 is 0 Å². The van der Waals surface area contributed by atoms with Gasteiger partial charge in [-0.1, -0.05) is 6.07 Å². The molecular weight excluding hydrogens is 392 g/mol. The van der Waals surface area contributed by atoms with Gasteiger partial charge in [-0.05, 0) is 23.8 Å². The summed E-state index contributed by atoms with van der Waals surface area (Å²) in [5, 5.41) is 5.37. The number of aromatic amines is 1. The molecule has 2 aromatic heterocycles. The third-order valence-corrected chi connectivity index (χ3v) is 5.41. The second-order valence-electron chi connectivity index (χ2n) is 7.23. The Bertz CT molecular complexity index is 1290. The van der Waals surface area contributed by atoms with Gasteiger partial charge in [-0.3, -0.25) is 19.7 Å². The number of carbonyl (C=O) groups is 3. The van der Waals surface area contributed by atoms with Crippen LogP contribution in [0.3, 0.4) is 0 Å². The number of furan rings is 1. The van der Waals surface area contributed by atoms with Gasteiger partial charge in [0.25, 0.3) is 17.4 Å². The van der Waals surface area contributed by atoms with E-state index in [-0.39, 0.29) is 35.9 Å². The lowest BCUT2D eigenvalue weighted by Gasteiger charge is -2.29. The molecule has 0 bridgehead atoms.